The second-order valence-corrected chi connectivity index (χ2v) is 5.19. The van der Waals surface area contributed by atoms with E-state index in [4.69, 9.17) is 0 Å². The Morgan fingerprint density at radius 3 is 3.26 bits per heavy atom. The fraction of sp³-hybridized carbons (Fsp3) is 0.714. The van der Waals surface area contributed by atoms with E-state index in [0.717, 1.165) is 25.9 Å². The third-order valence-corrected chi connectivity index (χ3v) is 3.86. The van der Waals surface area contributed by atoms with Gasteiger partial charge in [-0.2, -0.15) is 5.10 Å². The van der Waals surface area contributed by atoms with Crippen LogP contribution in [-0.4, -0.2) is 46.7 Å². The number of hydrogen-bond acceptors (Lipinski definition) is 3. The molecule has 1 aliphatic rings. The van der Waals surface area contributed by atoms with Crippen molar-refractivity contribution in [3.63, 3.8) is 0 Å². The number of likely N-dealkylation sites (tertiary alicyclic amines) is 1. The minimum atomic E-state index is 0.173. The van der Waals surface area contributed by atoms with Crippen molar-refractivity contribution >= 4 is 5.91 Å². The molecule has 1 fully saturated rings. The average Bonchev–Trinajstić information content (AvgIpc) is 3.07. The van der Waals surface area contributed by atoms with Crippen LogP contribution >= 0.6 is 0 Å². The van der Waals surface area contributed by atoms with Gasteiger partial charge in [0.15, 0.2) is 0 Å². The standard InChI is InChI=1S/C14H24N4O/c1-2-18-8-4-6-13(18)11-15-14(19)7-3-5-12-9-16-17-10-12/h9-10,13H,2-8,11H2,1H3,(H,15,19)(H,16,17)/t13-/m1/s1. The summed E-state index contributed by atoms with van der Waals surface area (Å²) in [6.07, 6.45) is 8.56. The van der Waals surface area contributed by atoms with Gasteiger partial charge in [-0.25, -0.2) is 0 Å². The molecule has 2 rings (SSSR count). The van der Waals surface area contributed by atoms with Gasteiger partial charge in [0.1, 0.15) is 0 Å². The molecule has 5 heteroatoms. The number of nitrogens with zero attached hydrogens (tertiary/aromatic N) is 2. The monoisotopic (exact) mass is 264 g/mol. The highest BCUT2D eigenvalue weighted by atomic mass is 16.1. The molecule has 0 unspecified atom stereocenters. The number of aromatic nitrogens is 2. The first-order chi connectivity index (χ1) is 9.29. The van der Waals surface area contributed by atoms with E-state index in [0.29, 0.717) is 12.5 Å². The molecule has 19 heavy (non-hydrogen) atoms. The summed E-state index contributed by atoms with van der Waals surface area (Å²) in [5.41, 5.74) is 1.17. The molecule has 0 aliphatic carbocycles. The quantitative estimate of drug-likeness (QED) is 0.781. The van der Waals surface area contributed by atoms with Crippen molar-refractivity contribution in [3.05, 3.63) is 18.0 Å². The molecular formula is C14H24N4O. The fourth-order valence-corrected chi connectivity index (χ4v) is 2.73. The summed E-state index contributed by atoms with van der Waals surface area (Å²) in [6, 6.07) is 0.544. The molecular weight excluding hydrogens is 240 g/mol. The zero-order chi connectivity index (χ0) is 13.5. The predicted octanol–water partition coefficient (Wildman–Crippen LogP) is 1.33. The zero-order valence-corrected chi connectivity index (χ0v) is 11.7. The van der Waals surface area contributed by atoms with Gasteiger partial charge in [-0.05, 0) is 44.3 Å². The third kappa shape index (κ3) is 4.35. The Kier molecular flexibility index (Phi) is 5.39. The molecule has 1 aromatic heterocycles. The number of nitrogens with one attached hydrogen (secondary N) is 2. The number of hydrogen-bond donors (Lipinski definition) is 2. The summed E-state index contributed by atoms with van der Waals surface area (Å²) in [6.45, 7) is 5.25. The third-order valence-electron chi connectivity index (χ3n) is 3.86. The lowest BCUT2D eigenvalue weighted by molar-refractivity contribution is -0.121. The highest BCUT2D eigenvalue weighted by molar-refractivity contribution is 5.75. The Morgan fingerprint density at radius 2 is 2.53 bits per heavy atom. The lowest BCUT2D eigenvalue weighted by Gasteiger charge is -2.22. The Balaban J connectivity index is 1.59. The van der Waals surface area contributed by atoms with E-state index >= 15 is 0 Å². The molecule has 5 nitrogen and oxygen atoms in total. The van der Waals surface area contributed by atoms with Crippen LogP contribution in [0.1, 0.15) is 38.2 Å². The Bertz CT molecular complexity index is 377. The van der Waals surface area contributed by atoms with E-state index in [1.165, 1.54) is 24.9 Å². The van der Waals surface area contributed by atoms with E-state index in [2.05, 4.69) is 27.3 Å². The maximum Gasteiger partial charge on any atom is 0.220 e. The van der Waals surface area contributed by atoms with Crippen molar-refractivity contribution in [1.29, 1.82) is 0 Å². The number of amides is 1. The average molecular weight is 264 g/mol. The number of aromatic amines is 1. The van der Waals surface area contributed by atoms with Crippen molar-refractivity contribution in [1.82, 2.24) is 20.4 Å². The van der Waals surface area contributed by atoms with Crippen molar-refractivity contribution in [2.24, 2.45) is 0 Å². The van der Waals surface area contributed by atoms with E-state index in [1.54, 1.807) is 0 Å². The molecule has 0 saturated carbocycles. The van der Waals surface area contributed by atoms with Crippen molar-refractivity contribution in [2.45, 2.75) is 45.1 Å². The lowest BCUT2D eigenvalue weighted by Crippen LogP contribution is -2.39. The van der Waals surface area contributed by atoms with Crippen LogP contribution in [0.3, 0.4) is 0 Å². The van der Waals surface area contributed by atoms with Gasteiger partial charge < -0.3 is 5.32 Å². The number of H-pyrrole nitrogens is 1. The first-order valence-electron chi connectivity index (χ1n) is 7.28. The topological polar surface area (TPSA) is 61.0 Å². The van der Waals surface area contributed by atoms with Crippen LogP contribution in [0, 0.1) is 0 Å². The molecule has 0 aromatic carbocycles. The normalized spacial score (nSPS) is 19.7. The van der Waals surface area contributed by atoms with Gasteiger partial charge in [-0.15, -0.1) is 0 Å². The summed E-state index contributed by atoms with van der Waals surface area (Å²) in [5.74, 6) is 0.173. The van der Waals surface area contributed by atoms with Gasteiger partial charge >= 0.3 is 0 Å². The molecule has 0 radical (unpaired) electrons. The molecule has 1 aliphatic heterocycles. The summed E-state index contributed by atoms with van der Waals surface area (Å²) in [7, 11) is 0. The number of likely N-dealkylation sites (N-methyl/N-ethyl adjacent to an activating group) is 1. The summed E-state index contributed by atoms with van der Waals surface area (Å²) < 4.78 is 0. The summed E-state index contributed by atoms with van der Waals surface area (Å²) in [5, 5.41) is 9.75. The Labute approximate surface area is 114 Å². The molecule has 2 N–H and O–H groups in total. The van der Waals surface area contributed by atoms with Gasteiger partial charge in [-0.1, -0.05) is 6.92 Å². The molecule has 1 atom stereocenters. The van der Waals surface area contributed by atoms with Crippen LogP contribution in [0.4, 0.5) is 0 Å². The highest BCUT2D eigenvalue weighted by Gasteiger charge is 2.22. The van der Waals surface area contributed by atoms with Crippen LogP contribution in [0.25, 0.3) is 0 Å². The first kappa shape index (κ1) is 14.1. The second-order valence-electron chi connectivity index (χ2n) is 5.19. The van der Waals surface area contributed by atoms with E-state index in [1.807, 2.05) is 12.4 Å². The Hall–Kier alpha value is -1.36. The molecule has 2 heterocycles. The molecule has 0 bridgehead atoms. The number of aryl methyl sites for hydroxylation is 1. The zero-order valence-electron chi connectivity index (χ0n) is 11.7. The summed E-state index contributed by atoms with van der Waals surface area (Å²) in [4.78, 5) is 14.2. The number of carbonyl (C=O) groups excluding carboxylic acids is 1. The summed E-state index contributed by atoms with van der Waals surface area (Å²) >= 11 is 0. The first-order valence-corrected chi connectivity index (χ1v) is 7.28. The van der Waals surface area contributed by atoms with Crippen LogP contribution in [0.2, 0.25) is 0 Å². The largest absolute Gasteiger partial charge is 0.355 e. The van der Waals surface area contributed by atoms with E-state index in [9.17, 15) is 4.79 Å². The van der Waals surface area contributed by atoms with E-state index in [-0.39, 0.29) is 5.91 Å². The van der Waals surface area contributed by atoms with Crippen molar-refractivity contribution < 1.29 is 4.79 Å². The molecule has 0 spiro atoms. The predicted molar refractivity (Wildman–Crippen MR) is 74.8 cm³/mol. The fourth-order valence-electron chi connectivity index (χ4n) is 2.73. The molecule has 1 amide bonds. The van der Waals surface area contributed by atoms with Crippen molar-refractivity contribution in [2.75, 3.05) is 19.6 Å². The maximum atomic E-state index is 11.8. The van der Waals surface area contributed by atoms with E-state index < -0.39 is 0 Å². The van der Waals surface area contributed by atoms with Gasteiger partial charge in [0, 0.05) is 25.2 Å². The van der Waals surface area contributed by atoms with Crippen LogP contribution in [0.5, 0.6) is 0 Å². The number of rotatable bonds is 7. The minimum Gasteiger partial charge on any atom is -0.355 e. The minimum absolute atomic E-state index is 0.173. The lowest BCUT2D eigenvalue weighted by atomic mass is 10.1. The van der Waals surface area contributed by atoms with Crippen LogP contribution < -0.4 is 5.32 Å². The highest BCUT2D eigenvalue weighted by Crippen LogP contribution is 2.15. The second kappa shape index (κ2) is 7.28. The maximum absolute atomic E-state index is 11.8. The Morgan fingerprint density at radius 1 is 1.63 bits per heavy atom. The van der Waals surface area contributed by atoms with Gasteiger partial charge in [0.05, 0.1) is 6.20 Å². The van der Waals surface area contributed by atoms with Gasteiger partial charge in [0.2, 0.25) is 5.91 Å². The van der Waals surface area contributed by atoms with Crippen molar-refractivity contribution in [3.8, 4) is 0 Å². The number of carbonyl (C=O) groups is 1. The molecule has 106 valence electrons. The smallest absolute Gasteiger partial charge is 0.220 e. The van der Waals surface area contributed by atoms with Crippen LogP contribution in [0.15, 0.2) is 12.4 Å². The SMILES string of the molecule is CCN1CCC[C@@H]1CNC(=O)CCCc1cn[nH]c1. The van der Waals surface area contributed by atoms with Gasteiger partial charge in [0.25, 0.3) is 0 Å². The van der Waals surface area contributed by atoms with Crippen LogP contribution in [-0.2, 0) is 11.2 Å². The van der Waals surface area contributed by atoms with Gasteiger partial charge in [-0.3, -0.25) is 14.8 Å². The molecule has 1 saturated heterocycles. The molecule has 1 aromatic rings.